The molecule has 36 heavy (non-hydrogen) atoms. The third-order valence-corrected chi connectivity index (χ3v) is 6.40. The van der Waals surface area contributed by atoms with E-state index in [0.717, 1.165) is 35.1 Å². The smallest absolute Gasteiger partial charge is 0.347 e. The second-order valence-electron chi connectivity index (χ2n) is 7.62. The van der Waals surface area contributed by atoms with Crippen LogP contribution < -0.4 is 19.7 Å². The molecular formula is C22H22N4O8S2. The number of amides is 2. The summed E-state index contributed by atoms with van der Waals surface area (Å²) in [5, 5.41) is 20.9. The molecule has 1 unspecified atom stereocenters. The van der Waals surface area contributed by atoms with Crippen molar-refractivity contribution in [1.29, 1.82) is 0 Å². The van der Waals surface area contributed by atoms with E-state index in [1.54, 1.807) is 13.8 Å². The van der Waals surface area contributed by atoms with Crippen molar-refractivity contribution in [3.05, 3.63) is 45.9 Å². The van der Waals surface area contributed by atoms with Crippen LogP contribution >= 0.6 is 22.7 Å². The lowest BCUT2D eigenvalue weighted by molar-refractivity contribution is -0.124. The fraction of sp³-hybridized carbons (Fsp3) is 0.273. The molecule has 0 bridgehead atoms. The lowest BCUT2D eigenvalue weighted by atomic mass is 10.2. The van der Waals surface area contributed by atoms with Crippen molar-refractivity contribution in [2.45, 2.75) is 33.0 Å². The van der Waals surface area contributed by atoms with Gasteiger partial charge in [-0.15, -0.1) is 0 Å². The number of carboxylic acids is 2. The Labute approximate surface area is 213 Å². The summed E-state index contributed by atoms with van der Waals surface area (Å²) in [6.07, 6.45) is 1.07. The number of carbonyl (C=O) groups excluding carboxylic acids is 2. The van der Waals surface area contributed by atoms with Crippen LogP contribution in [0.2, 0.25) is 0 Å². The van der Waals surface area contributed by atoms with E-state index in [1.807, 2.05) is 0 Å². The summed E-state index contributed by atoms with van der Waals surface area (Å²) in [4.78, 5) is 56.8. The Morgan fingerprint density at radius 3 is 2.06 bits per heavy atom. The predicted molar refractivity (Wildman–Crippen MR) is 132 cm³/mol. The summed E-state index contributed by atoms with van der Waals surface area (Å²) in [7, 11) is 1.45. The zero-order valence-electron chi connectivity index (χ0n) is 19.5. The molecule has 3 N–H and O–H groups in total. The standard InChI is InChI=1S/C22H22N4O8S2/c1-10(2)33-13-5-12(17(27)25-21-23-8-15(35-21)19(29)30)6-14(7-13)34-11(3)18(28)26(4)22-24-9-16(36-22)20(31)32/h5-11H,1-4H3,(H,29,30)(H,31,32)(H,23,25,27). The molecule has 2 amide bonds. The molecule has 1 atom stereocenters. The number of aromatic nitrogens is 2. The molecule has 3 rings (SSSR count). The minimum Gasteiger partial charge on any atom is -0.491 e. The normalized spacial score (nSPS) is 11.6. The van der Waals surface area contributed by atoms with Crippen molar-refractivity contribution >= 4 is 56.7 Å². The Bertz CT molecular complexity index is 1300. The summed E-state index contributed by atoms with van der Waals surface area (Å²) in [5.74, 6) is -2.89. The van der Waals surface area contributed by atoms with Crippen LogP contribution in [0.5, 0.6) is 11.5 Å². The zero-order chi connectivity index (χ0) is 26.6. The second kappa shape index (κ2) is 11.1. The molecule has 2 heterocycles. The van der Waals surface area contributed by atoms with Crippen LogP contribution in [0.3, 0.4) is 0 Å². The number of hydrogen-bond donors (Lipinski definition) is 3. The van der Waals surface area contributed by atoms with E-state index in [0.29, 0.717) is 5.75 Å². The summed E-state index contributed by atoms with van der Waals surface area (Å²) < 4.78 is 11.5. The monoisotopic (exact) mass is 534 g/mol. The van der Waals surface area contributed by atoms with Crippen LogP contribution in [0.4, 0.5) is 10.3 Å². The van der Waals surface area contributed by atoms with Gasteiger partial charge in [-0.05, 0) is 32.9 Å². The molecule has 3 aromatic rings. The third kappa shape index (κ3) is 6.55. The number of anilines is 2. The van der Waals surface area contributed by atoms with Crippen LogP contribution in [0.1, 0.15) is 50.5 Å². The highest BCUT2D eigenvalue weighted by Gasteiger charge is 2.24. The maximum Gasteiger partial charge on any atom is 0.347 e. The van der Waals surface area contributed by atoms with Gasteiger partial charge >= 0.3 is 11.9 Å². The van der Waals surface area contributed by atoms with Gasteiger partial charge in [0.25, 0.3) is 11.8 Å². The van der Waals surface area contributed by atoms with Gasteiger partial charge < -0.3 is 19.7 Å². The Hall–Kier alpha value is -4.04. The first kappa shape index (κ1) is 26.6. The van der Waals surface area contributed by atoms with Crippen LogP contribution in [0, 0.1) is 0 Å². The number of carbonyl (C=O) groups is 4. The minimum absolute atomic E-state index is 0.0110. The molecule has 0 fully saturated rings. The van der Waals surface area contributed by atoms with Gasteiger partial charge in [0.15, 0.2) is 16.4 Å². The van der Waals surface area contributed by atoms with Gasteiger partial charge in [0.05, 0.1) is 18.5 Å². The van der Waals surface area contributed by atoms with Crippen molar-refractivity contribution in [1.82, 2.24) is 9.97 Å². The number of nitrogens with one attached hydrogen (secondary N) is 1. The first-order valence-corrected chi connectivity index (χ1v) is 12.0. The van der Waals surface area contributed by atoms with Crippen molar-refractivity contribution in [2.24, 2.45) is 0 Å². The predicted octanol–water partition coefficient (Wildman–Crippen LogP) is 3.47. The first-order chi connectivity index (χ1) is 16.9. The SMILES string of the molecule is CC(C)Oc1cc(OC(C)C(=O)N(C)c2ncc(C(=O)O)s2)cc(C(=O)Nc2ncc(C(=O)O)s2)c1. The van der Waals surface area contributed by atoms with Crippen LogP contribution in [-0.2, 0) is 4.79 Å². The number of aromatic carboxylic acids is 2. The maximum absolute atomic E-state index is 12.9. The molecule has 12 nitrogen and oxygen atoms in total. The number of nitrogens with zero attached hydrogens (tertiary/aromatic N) is 3. The van der Waals surface area contributed by atoms with E-state index in [1.165, 1.54) is 37.1 Å². The third-order valence-electron chi connectivity index (χ3n) is 4.43. The van der Waals surface area contributed by atoms with Crippen molar-refractivity contribution in [2.75, 3.05) is 17.3 Å². The van der Waals surface area contributed by atoms with Gasteiger partial charge in [-0.3, -0.25) is 19.8 Å². The fourth-order valence-corrected chi connectivity index (χ4v) is 4.22. The highest BCUT2D eigenvalue weighted by atomic mass is 32.1. The zero-order valence-corrected chi connectivity index (χ0v) is 21.2. The first-order valence-electron chi connectivity index (χ1n) is 10.4. The number of ether oxygens (including phenoxy) is 2. The van der Waals surface area contributed by atoms with Crippen molar-refractivity contribution in [3.8, 4) is 11.5 Å². The molecular weight excluding hydrogens is 512 g/mol. The van der Waals surface area contributed by atoms with E-state index >= 15 is 0 Å². The highest BCUT2D eigenvalue weighted by Crippen LogP contribution is 2.28. The number of hydrogen-bond acceptors (Lipinski definition) is 10. The summed E-state index contributed by atoms with van der Waals surface area (Å²) >= 11 is 1.65. The van der Waals surface area contributed by atoms with Crippen LogP contribution in [-0.4, -0.2) is 63.2 Å². The van der Waals surface area contributed by atoms with E-state index in [-0.39, 0.29) is 37.4 Å². The van der Waals surface area contributed by atoms with E-state index in [9.17, 15) is 19.2 Å². The van der Waals surface area contributed by atoms with Gasteiger partial charge in [0.2, 0.25) is 0 Å². The summed E-state index contributed by atoms with van der Waals surface area (Å²) in [6, 6.07) is 4.41. The second-order valence-corrected chi connectivity index (χ2v) is 9.66. The molecule has 0 radical (unpaired) electrons. The maximum atomic E-state index is 12.9. The number of benzene rings is 1. The summed E-state index contributed by atoms with van der Waals surface area (Å²) in [5.41, 5.74) is 0.134. The highest BCUT2D eigenvalue weighted by molar-refractivity contribution is 7.17. The van der Waals surface area contributed by atoms with Gasteiger partial charge in [0, 0.05) is 18.7 Å². The molecule has 0 saturated heterocycles. The lowest BCUT2D eigenvalue weighted by Gasteiger charge is -2.21. The Morgan fingerprint density at radius 1 is 0.917 bits per heavy atom. The molecule has 0 aliphatic rings. The Kier molecular flexibility index (Phi) is 8.22. The van der Waals surface area contributed by atoms with E-state index in [2.05, 4.69) is 15.3 Å². The van der Waals surface area contributed by atoms with Crippen molar-refractivity contribution < 1.29 is 38.9 Å². The topological polar surface area (TPSA) is 168 Å². The number of likely N-dealkylation sites (N-methyl/N-ethyl adjacent to an activating group) is 1. The van der Waals surface area contributed by atoms with Gasteiger partial charge in [-0.25, -0.2) is 19.6 Å². The van der Waals surface area contributed by atoms with Crippen molar-refractivity contribution in [3.63, 3.8) is 0 Å². The molecule has 1 aromatic carbocycles. The average Bonchev–Trinajstić information content (AvgIpc) is 3.47. The largest absolute Gasteiger partial charge is 0.491 e. The quantitative estimate of drug-likeness (QED) is 0.350. The molecule has 190 valence electrons. The Morgan fingerprint density at radius 2 is 1.50 bits per heavy atom. The minimum atomic E-state index is -1.16. The average molecular weight is 535 g/mol. The molecule has 0 saturated carbocycles. The van der Waals surface area contributed by atoms with Crippen LogP contribution in [0.15, 0.2) is 30.6 Å². The van der Waals surface area contributed by atoms with Gasteiger partial charge in [-0.2, -0.15) is 0 Å². The molecule has 2 aromatic heterocycles. The summed E-state index contributed by atoms with van der Waals surface area (Å²) in [6.45, 7) is 5.11. The van der Waals surface area contributed by atoms with E-state index in [4.69, 9.17) is 19.7 Å². The molecule has 14 heteroatoms. The van der Waals surface area contributed by atoms with Gasteiger partial charge in [-0.1, -0.05) is 22.7 Å². The fourth-order valence-electron chi connectivity index (χ4n) is 2.85. The number of thiazole rings is 2. The molecule has 0 spiro atoms. The number of carboxylic acid groups (broad SMARTS) is 2. The van der Waals surface area contributed by atoms with Crippen LogP contribution in [0.25, 0.3) is 0 Å². The Balaban J connectivity index is 1.80. The van der Waals surface area contributed by atoms with E-state index < -0.39 is 29.9 Å². The molecule has 0 aliphatic heterocycles. The number of rotatable bonds is 10. The molecule has 0 aliphatic carbocycles. The lowest BCUT2D eigenvalue weighted by Crippen LogP contribution is -2.38. The van der Waals surface area contributed by atoms with Gasteiger partial charge in [0.1, 0.15) is 21.3 Å².